The van der Waals surface area contributed by atoms with Crippen LogP contribution < -0.4 is 0 Å². The van der Waals surface area contributed by atoms with Gasteiger partial charge in [-0.05, 0) is 55.6 Å². The van der Waals surface area contributed by atoms with Crippen LogP contribution in [0.25, 0.3) is 10.9 Å². The molecule has 2 aromatic rings. The van der Waals surface area contributed by atoms with Crippen LogP contribution in [0.2, 0.25) is 5.02 Å². The Labute approximate surface area is 176 Å². The van der Waals surface area contributed by atoms with E-state index in [0.717, 1.165) is 23.9 Å². The molecule has 1 aromatic heterocycles. The molecule has 158 valence electrons. The first-order valence-electron chi connectivity index (χ1n) is 11.0. The third-order valence-electron chi connectivity index (χ3n) is 6.84. The highest BCUT2D eigenvalue weighted by Crippen LogP contribution is 2.42. The first-order valence-corrected chi connectivity index (χ1v) is 11.4. The van der Waals surface area contributed by atoms with E-state index >= 15 is 0 Å². The first kappa shape index (κ1) is 20.8. The molecule has 2 atom stereocenters. The average molecular weight is 422 g/mol. The maximum Gasteiger partial charge on any atom is 0.248 e. The molecule has 0 N–H and O–H groups in total. The van der Waals surface area contributed by atoms with Gasteiger partial charge in [0.2, 0.25) is 5.92 Å². The van der Waals surface area contributed by atoms with E-state index in [4.69, 9.17) is 11.6 Å². The Kier molecular flexibility index (Phi) is 6.02. The van der Waals surface area contributed by atoms with Crippen molar-refractivity contribution in [3.05, 3.63) is 35.0 Å². The number of halogens is 3. The quantitative estimate of drug-likeness (QED) is 0.442. The summed E-state index contributed by atoms with van der Waals surface area (Å²) in [6.07, 6.45) is 8.48. The van der Waals surface area contributed by atoms with E-state index in [2.05, 4.69) is 4.57 Å². The minimum atomic E-state index is -2.59. The van der Waals surface area contributed by atoms with Crippen molar-refractivity contribution in [2.24, 2.45) is 17.8 Å². The zero-order valence-electron chi connectivity index (χ0n) is 17.1. The predicted molar refractivity (Wildman–Crippen MR) is 114 cm³/mol. The van der Waals surface area contributed by atoms with Crippen molar-refractivity contribution < 1.29 is 13.6 Å². The van der Waals surface area contributed by atoms with E-state index < -0.39 is 5.92 Å². The Hall–Kier alpha value is -1.42. The monoisotopic (exact) mass is 421 g/mol. The van der Waals surface area contributed by atoms with Crippen molar-refractivity contribution in [2.45, 2.75) is 77.2 Å². The molecule has 2 fully saturated rings. The molecule has 1 heterocycles. The molecule has 0 bridgehead atoms. The fraction of sp³-hybridized carbons (Fsp3) is 0.625. The largest absolute Gasteiger partial charge is 0.346 e. The van der Waals surface area contributed by atoms with E-state index in [9.17, 15) is 13.6 Å². The summed E-state index contributed by atoms with van der Waals surface area (Å²) in [6, 6.07) is 5.77. The van der Waals surface area contributed by atoms with Crippen LogP contribution in [0.4, 0.5) is 8.78 Å². The number of Topliss-reactive ketones (excluding diaryl/α,β-unsaturated/α-hetero) is 1. The summed E-state index contributed by atoms with van der Waals surface area (Å²) < 4.78 is 30.0. The molecule has 0 aliphatic heterocycles. The Morgan fingerprint density at radius 1 is 1.21 bits per heavy atom. The molecule has 0 radical (unpaired) electrons. The van der Waals surface area contributed by atoms with E-state index in [1.165, 1.54) is 25.7 Å². The second kappa shape index (κ2) is 8.37. The number of alkyl halides is 2. The SMILES string of the molecule is CC1CC(CCC(=O)c2cn(CC3CCCC3)c3cccc(Cl)c23)CC(F)(F)C1. The standard InChI is InChI=1S/C24H30ClF2NO/c1-16-11-18(13-24(26,27)12-16)9-10-22(29)19-15-28(14-17-5-2-3-6-17)21-8-4-7-20(25)23(19)21/h4,7-8,15-18H,2-3,5-6,9-14H2,1H3. The molecule has 4 rings (SSSR count). The Balaban J connectivity index is 1.52. The highest BCUT2D eigenvalue weighted by molar-refractivity contribution is 6.37. The molecular weight excluding hydrogens is 392 g/mol. The third-order valence-corrected chi connectivity index (χ3v) is 7.15. The van der Waals surface area contributed by atoms with Crippen LogP contribution in [0.15, 0.2) is 24.4 Å². The van der Waals surface area contributed by atoms with Gasteiger partial charge in [0.05, 0.1) is 10.5 Å². The van der Waals surface area contributed by atoms with Gasteiger partial charge in [-0.3, -0.25) is 4.79 Å². The molecule has 0 spiro atoms. The smallest absolute Gasteiger partial charge is 0.248 e. The number of carbonyl (C=O) groups is 1. The summed E-state index contributed by atoms with van der Waals surface area (Å²) in [7, 11) is 0. The van der Waals surface area contributed by atoms with Gasteiger partial charge in [0.15, 0.2) is 5.78 Å². The van der Waals surface area contributed by atoms with Gasteiger partial charge in [-0.25, -0.2) is 8.78 Å². The average Bonchev–Trinajstić information content (AvgIpc) is 3.27. The zero-order chi connectivity index (χ0) is 20.6. The lowest BCUT2D eigenvalue weighted by molar-refractivity contribution is -0.0703. The minimum Gasteiger partial charge on any atom is -0.346 e. The van der Waals surface area contributed by atoms with Crippen molar-refractivity contribution in [2.75, 3.05) is 0 Å². The molecule has 2 nitrogen and oxygen atoms in total. The number of rotatable bonds is 6. The summed E-state index contributed by atoms with van der Waals surface area (Å²) in [5, 5.41) is 1.41. The highest BCUT2D eigenvalue weighted by Gasteiger charge is 2.39. The number of aromatic nitrogens is 1. The zero-order valence-corrected chi connectivity index (χ0v) is 17.9. The molecule has 29 heavy (non-hydrogen) atoms. The molecule has 1 aromatic carbocycles. The van der Waals surface area contributed by atoms with Gasteiger partial charge in [-0.15, -0.1) is 0 Å². The van der Waals surface area contributed by atoms with Crippen LogP contribution in [0.1, 0.15) is 75.1 Å². The van der Waals surface area contributed by atoms with Crippen LogP contribution in [0, 0.1) is 17.8 Å². The lowest BCUT2D eigenvalue weighted by Crippen LogP contribution is -2.30. The van der Waals surface area contributed by atoms with Gasteiger partial charge in [0.25, 0.3) is 0 Å². The van der Waals surface area contributed by atoms with Gasteiger partial charge in [0.1, 0.15) is 0 Å². The maximum atomic E-state index is 13.9. The fourth-order valence-electron chi connectivity index (χ4n) is 5.58. The lowest BCUT2D eigenvalue weighted by Gasteiger charge is -2.33. The van der Waals surface area contributed by atoms with Crippen molar-refractivity contribution in [1.29, 1.82) is 0 Å². The number of nitrogens with zero attached hydrogens (tertiary/aromatic N) is 1. The number of hydrogen-bond acceptors (Lipinski definition) is 1. The highest BCUT2D eigenvalue weighted by atomic mass is 35.5. The number of ketones is 1. The van der Waals surface area contributed by atoms with Crippen LogP contribution in [-0.4, -0.2) is 16.3 Å². The molecule has 2 saturated carbocycles. The van der Waals surface area contributed by atoms with Gasteiger partial charge >= 0.3 is 0 Å². The second-order valence-electron chi connectivity index (χ2n) is 9.41. The van der Waals surface area contributed by atoms with Crippen molar-refractivity contribution in [3.8, 4) is 0 Å². The summed E-state index contributed by atoms with van der Waals surface area (Å²) in [5.74, 6) is -1.98. The minimum absolute atomic E-state index is 0.0154. The van der Waals surface area contributed by atoms with E-state index in [-0.39, 0.29) is 30.5 Å². The predicted octanol–water partition coefficient (Wildman–Crippen LogP) is 7.52. The Bertz CT molecular complexity index is 884. The number of benzene rings is 1. The maximum absolute atomic E-state index is 13.9. The number of fused-ring (bicyclic) bond motifs is 1. The summed E-state index contributed by atoms with van der Waals surface area (Å²) >= 11 is 6.48. The number of carbonyl (C=O) groups excluding carboxylic acids is 1. The normalized spacial score (nSPS) is 25.0. The van der Waals surface area contributed by atoms with E-state index in [1.54, 1.807) is 0 Å². The van der Waals surface area contributed by atoms with Gasteiger partial charge in [-0.2, -0.15) is 0 Å². The Morgan fingerprint density at radius 2 is 1.97 bits per heavy atom. The van der Waals surface area contributed by atoms with Crippen LogP contribution >= 0.6 is 11.6 Å². The van der Waals surface area contributed by atoms with E-state index in [1.807, 2.05) is 31.3 Å². The topological polar surface area (TPSA) is 22.0 Å². The van der Waals surface area contributed by atoms with E-state index in [0.29, 0.717) is 29.3 Å². The summed E-state index contributed by atoms with van der Waals surface area (Å²) in [5.41, 5.74) is 1.66. The number of hydrogen-bond donors (Lipinski definition) is 0. The second-order valence-corrected chi connectivity index (χ2v) is 9.82. The molecule has 2 unspecified atom stereocenters. The van der Waals surface area contributed by atoms with Gasteiger partial charge in [0, 0.05) is 43.0 Å². The molecular formula is C24H30ClF2NO. The van der Waals surface area contributed by atoms with Gasteiger partial charge in [-0.1, -0.05) is 37.4 Å². The molecule has 2 aliphatic carbocycles. The fourth-order valence-corrected chi connectivity index (χ4v) is 5.85. The van der Waals surface area contributed by atoms with Crippen molar-refractivity contribution >= 4 is 28.3 Å². The molecule has 2 aliphatic rings. The first-order chi connectivity index (χ1) is 13.8. The summed E-state index contributed by atoms with van der Waals surface area (Å²) in [4.78, 5) is 13.1. The molecule has 0 saturated heterocycles. The van der Waals surface area contributed by atoms with Crippen molar-refractivity contribution in [3.63, 3.8) is 0 Å². The van der Waals surface area contributed by atoms with Crippen LogP contribution in [-0.2, 0) is 6.54 Å². The summed E-state index contributed by atoms with van der Waals surface area (Å²) in [6.45, 7) is 2.80. The van der Waals surface area contributed by atoms with Crippen molar-refractivity contribution in [1.82, 2.24) is 4.57 Å². The van der Waals surface area contributed by atoms with Gasteiger partial charge < -0.3 is 4.57 Å². The third kappa shape index (κ3) is 4.68. The Morgan fingerprint density at radius 3 is 2.69 bits per heavy atom. The molecule has 0 amide bonds. The lowest BCUT2D eigenvalue weighted by atomic mass is 9.77. The van der Waals surface area contributed by atoms with Crippen LogP contribution in [0.5, 0.6) is 0 Å². The molecule has 5 heteroatoms. The van der Waals surface area contributed by atoms with Crippen LogP contribution in [0.3, 0.4) is 0 Å².